The second-order valence-corrected chi connectivity index (χ2v) is 40.8. The second-order valence-electron chi connectivity index (χ2n) is 30.5. The number of carboxylic acids is 1. The molecule has 2 aromatic heterocycles. The van der Waals surface area contributed by atoms with Gasteiger partial charge in [-0.15, -0.1) is 0 Å². The first-order valence-corrected chi connectivity index (χ1v) is 39.9. The summed E-state index contributed by atoms with van der Waals surface area (Å²) in [5.41, 5.74) is 15.4. The van der Waals surface area contributed by atoms with Gasteiger partial charge in [0, 0.05) is 104 Å². The van der Waals surface area contributed by atoms with Crippen LogP contribution < -0.4 is 32.3 Å². The van der Waals surface area contributed by atoms with Crippen LogP contribution in [0.3, 0.4) is 0 Å². The van der Waals surface area contributed by atoms with Crippen LogP contribution in [0.2, 0.25) is 46.3 Å². The van der Waals surface area contributed by atoms with Crippen molar-refractivity contribution in [1.82, 2.24) is 25.3 Å². The van der Waals surface area contributed by atoms with E-state index in [1.807, 2.05) is 12.1 Å². The number of benzene rings is 4. The minimum atomic E-state index is -2.09. The normalized spacial score (nSPS) is 19.0. The monoisotopic (exact) mass is 1650 g/mol. The maximum Gasteiger partial charge on any atom is 0.412 e. The molecule has 10 rings (SSSR count). The van der Waals surface area contributed by atoms with Gasteiger partial charge >= 0.3 is 18.2 Å². The Kier molecular flexibility index (Phi) is 27.5. The van der Waals surface area contributed by atoms with Crippen molar-refractivity contribution in [2.75, 3.05) is 21.3 Å². The standard InChI is InChI=1S/C37H48ClN5O4Si.C25H35ClN4OSi.C12H15NO4.BH.U/c1-36(2,3)46-35(45)42-25-16-13-24(14-17-25)33(44)40-26-19-27(21-28(20-26)47-48(7,8)37(4,5)6)41-34-39-22-31(38)32(43-34)30-18-15-23-11-9-10-12-29(23)30;1-25(2,3)32(4,5)31-19-13-17(27)12-18(14-19)29-24-28-15-22(26)23(30-24)21-11-10-16-8-6-7-9-20(16)21;1-12(2,3)17-11(16)13-9-6-4-8(5-7-9)10(14)15;;/h9-14,16-18,22,26-28H,15,19-21H2,1-8H3,(H,40,44)(H,42,45)(H,39,41,43);6-9,11,15,17-19H,10,12-14,27H2,1-5H3,(H,28,29,30);4-7H,1-3H3,(H,13,16)(H,14,15);1H;/t26?,27?,28-;17?,18?,19-;;;/m00.../s1/i;;;1T;. The number of anilines is 4. The molecule has 3 amide bonds. The quantitative estimate of drug-likeness (QED) is 0.0471. The van der Waals surface area contributed by atoms with E-state index in [1.54, 1.807) is 78.2 Å². The molecule has 0 aliphatic heterocycles. The van der Waals surface area contributed by atoms with Crippen LogP contribution in [0.25, 0.3) is 11.1 Å². The van der Waals surface area contributed by atoms with Gasteiger partial charge in [0.15, 0.2) is 16.6 Å². The van der Waals surface area contributed by atoms with E-state index in [4.69, 9.17) is 63.7 Å². The van der Waals surface area contributed by atoms with Crippen LogP contribution in [0.4, 0.5) is 32.9 Å². The summed E-state index contributed by atoms with van der Waals surface area (Å²) in [5, 5.41) is 25.5. The summed E-state index contributed by atoms with van der Waals surface area (Å²) in [6.07, 6.45) is 13.3. The smallest absolute Gasteiger partial charge is 0.412 e. The Morgan fingerprint density at radius 3 is 1.34 bits per heavy atom. The van der Waals surface area contributed by atoms with Gasteiger partial charge in [-0.25, -0.2) is 34.3 Å². The zero-order valence-corrected chi connectivity index (χ0v) is 67.8. The number of halogens is 2. The molecule has 0 bridgehead atoms. The van der Waals surface area contributed by atoms with E-state index in [9.17, 15) is 19.2 Å². The van der Waals surface area contributed by atoms with Gasteiger partial charge in [-0.1, -0.05) is 125 Å². The Morgan fingerprint density at radius 1 is 0.556 bits per heavy atom. The Hall–Kier alpha value is -6.39. The number of aromatic carboxylic acids is 1. The van der Waals surface area contributed by atoms with Gasteiger partial charge in [0.25, 0.3) is 5.91 Å². The predicted octanol–water partition coefficient (Wildman–Crippen LogP) is 16.5. The molecule has 19 nitrogen and oxygen atoms in total. The minimum Gasteiger partial charge on any atom is -0.478 e. The molecule has 2 fully saturated rings. The molecule has 8 N–H and O–H groups in total. The van der Waals surface area contributed by atoms with E-state index >= 15 is 0 Å². The molecular formula is C74H99BCl2N10O9Si2U. The summed E-state index contributed by atoms with van der Waals surface area (Å²) >= 11 is 13.2. The molecule has 4 aliphatic rings. The first kappa shape index (κ1) is 79.9. The van der Waals surface area contributed by atoms with Crippen molar-refractivity contribution in [1.29, 1.82) is 1.34 Å². The first-order chi connectivity index (χ1) is 46.3. The molecule has 2 radical (unpaired) electrons. The maximum absolute atomic E-state index is 13.5. The fourth-order valence-electron chi connectivity index (χ4n) is 11.5. The largest absolute Gasteiger partial charge is 0.478 e. The second kappa shape index (κ2) is 34.1. The van der Waals surface area contributed by atoms with E-state index in [-0.39, 0.29) is 89.0 Å². The number of hydrogen-bond donors (Lipinski definition) is 7. The first-order valence-electron chi connectivity index (χ1n) is 33.9. The summed E-state index contributed by atoms with van der Waals surface area (Å²) in [5.74, 6) is -0.100. The Labute approximate surface area is 624 Å². The Balaban J connectivity index is 0.000000259. The van der Waals surface area contributed by atoms with Crippen LogP contribution in [-0.2, 0) is 31.2 Å². The molecule has 6 atom stereocenters. The van der Waals surface area contributed by atoms with Crippen LogP contribution in [0.15, 0.2) is 122 Å². The summed E-state index contributed by atoms with van der Waals surface area (Å²) in [6, 6.07) is 29.4. The van der Waals surface area contributed by atoms with Crippen molar-refractivity contribution in [3.05, 3.63) is 176 Å². The fraction of sp³-hybridized carbons (Fsp3) is 0.459. The third-order valence-corrected chi connectivity index (χ3v) is 27.8. The number of allylic oxidation sites excluding steroid dienone is 2. The number of carboxylic acid groups (broad SMARTS) is 1. The van der Waals surface area contributed by atoms with Gasteiger partial charge in [-0.05, 0) is 201 Å². The summed E-state index contributed by atoms with van der Waals surface area (Å²) in [7, 11) is -0.193. The van der Waals surface area contributed by atoms with Crippen molar-refractivity contribution in [3.63, 3.8) is 0 Å². The van der Waals surface area contributed by atoms with E-state index in [0.717, 1.165) is 60.9 Å². The Bertz CT molecular complexity index is 3870. The third-order valence-electron chi connectivity index (χ3n) is 18.1. The zero-order chi connectivity index (χ0) is 73.0. The summed E-state index contributed by atoms with van der Waals surface area (Å²) in [4.78, 5) is 66.3. The summed E-state index contributed by atoms with van der Waals surface area (Å²) in [6.45, 7) is 33.4. The van der Waals surface area contributed by atoms with Gasteiger partial charge in [-0.2, -0.15) is 0 Å². The molecule has 0 saturated heterocycles. The van der Waals surface area contributed by atoms with Crippen molar-refractivity contribution in [2.45, 2.75) is 218 Å². The topological polar surface area (TPSA) is 263 Å². The van der Waals surface area contributed by atoms with Crippen LogP contribution in [0.1, 0.15) is 176 Å². The molecule has 6 aromatic rings. The van der Waals surface area contributed by atoms with E-state index in [0.29, 0.717) is 57.4 Å². The van der Waals surface area contributed by atoms with Gasteiger partial charge in [-0.3, -0.25) is 15.4 Å². The molecule has 4 unspecified atom stereocenters. The number of carbonyl (C=O) groups excluding carboxylic acids is 3. The van der Waals surface area contributed by atoms with Crippen LogP contribution in [0.5, 0.6) is 0 Å². The number of hydrogen-bond acceptors (Lipinski definition) is 15. The number of nitrogens with zero attached hydrogens (tertiary/aromatic N) is 4. The number of amides is 3. The third kappa shape index (κ3) is 23.3. The molecule has 528 valence electrons. The van der Waals surface area contributed by atoms with Gasteiger partial charge in [0.1, 0.15) is 11.2 Å². The van der Waals surface area contributed by atoms with E-state index < -0.39 is 46.0 Å². The number of nitrogens with one attached hydrogen (secondary N) is 5. The SMILES string of the molecule is CC(C)(C)OC(=O)Nc1ccc(C(=O)NC2CC(Nc3ncc(Cl)c(C4=CCc5ccccc54)n3)C[C@@H](O[Si](C)(C)C(C)(C)C)C2)cc1.CC(C)(C)OC(=O)Nc1ccc(C(=O)O)cc1.CC(C)(C)[Si](C)(C)O[C@H]1CC(N)CC(Nc2ncc(Cl)c(C3=CCc4ccccc43)n2)C1.[3H][B].[U]. The molecule has 4 aromatic carbocycles. The molecular weight excluding hydrogens is 1550 g/mol. The number of aromatic nitrogens is 4. The van der Waals surface area contributed by atoms with Crippen molar-refractivity contribution < 1.29 is 73.7 Å². The van der Waals surface area contributed by atoms with E-state index in [1.165, 1.54) is 41.0 Å². The van der Waals surface area contributed by atoms with E-state index in [2.05, 4.69) is 161 Å². The van der Waals surface area contributed by atoms with Crippen LogP contribution in [0, 0.1) is 31.1 Å². The van der Waals surface area contributed by atoms with Crippen LogP contribution >= 0.6 is 23.2 Å². The van der Waals surface area contributed by atoms with Gasteiger partial charge in [0.2, 0.25) is 11.9 Å². The number of ether oxygens (including phenoxy) is 2. The number of nitrogens with two attached hydrogens (primary N) is 1. The molecule has 2 saturated carbocycles. The number of fused-ring (bicyclic) bond motifs is 2. The van der Waals surface area contributed by atoms with Crippen LogP contribution in [-0.4, -0.2) is 123 Å². The molecule has 4 aliphatic carbocycles. The van der Waals surface area contributed by atoms with Crippen molar-refractivity contribution in [2.24, 2.45) is 5.73 Å². The molecule has 2 heterocycles. The van der Waals surface area contributed by atoms with Crippen molar-refractivity contribution in [3.8, 4) is 0 Å². The van der Waals surface area contributed by atoms with Gasteiger partial charge < -0.3 is 45.1 Å². The average Bonchev–Trinajstić information content (AvgIpc) is 1.56. The zero-order valence-electron chi connectivity index (χ0n) is 61.1. The van der Waals surface area contributed by atoms with Gasteiger partial charge in [0.05, 0.1) is 39.4 Å². The minimum absolute atomic E-state index is 0. The molecule has 99 heavy (non-hydrogen) atoms. The summed E-state index contributed by atoms with van der Waals surface area (Å²) < 4.78 is 29.2. The number of carbonyl (C=O) groups is 4. The van der Waals surface area contributed by atoms with Crippen molar-refractivity contribution >= 4 is 107 Å². The molecule has 25 heteroatoms. The average molecular weight is 1650 g/mol. The number of rotatable bonds is 15. The maximum atomic E-state index is 13.5. The fourth-order valence-corrected chi connectivity index (χ4v) is 14.6. The predicted molar refractivity (Wildman–Crippen MR) is 401 cm³/mol. The Morgan fingerprint density at radius 2 is 0.939 bits per heavy atom. The molecule has 0 spiro atoms.